The first-order valence-electron chi connectivity index (χ1n) is 6.39. The first kappa shape index (κ1) is 15.9. The molecule has 0 radical (unpaired) electrons. The number of hydrogen-bond donors (Lipinski definition) is 1. The molecule has 22 heavy (non-hydrogen) atoms. The Morgan fingerprint density at radius 1 is 1.27 bits per heavy atom. The van der Waals surface area contributed by atoms with E-state index in [1.807, 2.05) is 12.1 Å². The summed E-state index contributed by atoms with van der Waals surface area (Å²) in [6.45, 7) is -0.200. The molecule has 0 heterocycles. The van der Waals surface area contributed by atoms with Crippen molar-refractivity contribution in [2.24, 2.45) is 0 Å². The van der Waals surface area contributed by atoms with E-state index in [-0.39, 0.29) is 12.5 Å². The number of anilines is 1. The van der Waals surface area contributed by atoms with Crippen LogP contribution in [0.3, 0.4) is 0 Å². The molecule has 2 aromatic rings. The Morgan fingerprint density at radius 3 is 2.77 bits per heavy atom. The van der Waals surface area contributed by atoms with E-state index in [0.29, 0.717) is 22.7 Å². The summed E-state index contributed by atoms with van der Waals surface area (Å²) >= 11 is 3.28. The molecule has 112 valence electrons. The van der Waals surface area contributed by atoms with Crippen molar-refractivity contribution in [3.05, 3.63) is 52.5 Å². The Balaban J connectivity index is 2.00. The third-order valence-electron chi connectivity index (χ3n) is 2.80. The maximum atomic E-state index is 11.9. The molecule has 0 aromatic heterocycles. The quantitative estimate of drug-likeness (QED) is 0.887. The summed E-state index contributed by atoms with van der Waals surface area (Å²) in [6.07, 6.45) is 0. The predicted octanol–water partition coefficient (Wildman–Crippen LogP) is 3.35. The number of ether oxygens (including phenoxy) is 2. The smallest absolute Gasteiger partial charge is 0.262 e. The van der Waals surface area contributed by atoms with E-state index in [4.69, 9.17) is 14.7 Å². The fraction of sp³-hybridized carbons (Fsp3) is 0.125. The Kier molecular flexibility index (Phi) is 5.39. The molecule has 0 atom stereocenters. The van der Waals surface area contributed by atoms with Crippen LogP contribution >= 0.6 is 15.9 Å². The van der Waals surface area contributed by atoms with Gasteiger partial charge >= 0.3 is 0 Å². The lowest BCUT2D eigenvalue weighted by molar-refractivity contribution is -0.118. The zero-order valence-electron chi connectivity index (χ0n) is 11.8. The van der Waals surface area contributed by atoms with Gasteiger partial charge < -0.3 is 14.8 Å². The van der Waals surface area contributed by atoms with E-state index in [1.54, 1.807) is 36.4 Å². The molecule has 0 bridgehead atoms. The lowest BCUT2D eigenvalue weighted by Crippen LogP contribution is -2.20. The summed E-state index contributed by atoms with van der Waals surface area (Å²) in [7, 11) is 1.53. The van der Waals surface area contributed by atoms with E-state index in [9.17, 15) is 4.79 Å². The fourth-order valence-corrected chi connectivity index (χ4v) is 2.15. The number of halogens is 1. The van der Waals surface area contributed by atoms with Crippen LogP contribution in [0.25, 0.3) is 0 Å². The van der Waals surface area contributed by atoms with Crippen molar-refractivity contribution in [2.45, 2.75) is 0 Å². The van der Waals surface area contributed by atoms with Crippen LogP contribution in [-0.4, -0.2) is 19.6 Å². The molecule has 0 saturated carbocycles. The van der Waals surface area contributed by atoms with Gasteiger partial charge in [0.2, 0.25) is 0 Å². The van der Waals surface area contributed by atoms with Gasteiger partial charge in [0.15, 0.2) is 6.61 Å². The Bertz CT molecular complexity index is 726. The van der Waals surface area contributed by atoms with Gasteiger partial charge in [-0.3, -0.25) is 4.79 Å². The molecule has 0 aliphatic heterocycles. The minimum absolute atomic E-state index is 0.200. The number of benzene rings is 2. The fourth-order valence-electron chi connectivity index (χ4n) is 1.79. The number of nitriles is 1. The minimum atomic E-state index is -0.337. The van der Waals surface area contributed by atoms with Crippen LogP contribution in [0.15, 0.2) is 46.9 Å². The Morgan fingerprint density at radius 2 is 2.05 bits per heavy atom. The third-order valence-corrected chi connectivity index (χ3v) is 3.30. The highest BCUT2D eigenvalue weighted by Crippen LogP contribution is 2.24. The van der Waals surface area contributed by atoms with Crippen LogP contribution < -0.4 is 14.8 Å². The molecule has 0 aliphatic carbocycles. The van der Waals surface area contributed by atoms with Gasteiger partial charge in [-0.15, -0.1) is 0 Å². The van der Waals surface area contributed by atoms with Gasteiger partial charge in [-0.05, 0) is 30.3 Å². The normalized spacial score (nSPS) is 9.68. The maximum Gasteiger partial charge on any atom is 0.262 e. The van der Waals surface area contributed by atoms with Crippen LogP contribution in [0.2, 0.25) is 0 Å². The van der Waals surface area contributed by atoms with Gasteiger partial charge in [-0.25, -0.2) is 0 Å². The van der Waals surface area contributed by atoms with Crippen molar-refractivity contribution in [1.82, 2.24) is 0 Å². The van der Waals surface area contributed by atoms with E-state index in [0.717, 1.165) is 4.47 Å². The molecule has 0 spiro atoms. The van der Waals surface area contributed by atoms with Gasteiger partial charge in [0.05, 0.1) is 18.4 Å². The number of carbonyl (C=O) groups is 1. The number of hydrogen-bond acceptors (Lipinski definition) is 4. The highest BCUT2D eigenvalue weighted by molar-refractivity contribution is 9.10. The molecule has 5 nitrogen and oxygen atoms in total. The van der Waals surface area contributed by atoms with Crippen molar-refractivity contribution in [3.8, 4) is 17.6 Å². The third kappa shape index (κ3) is 3.99. The highest BCUT2D eigenvalue weighted by atomic mass is 79.9. The molecule has 0 saturated heterocycles. The van der Waals surface area contributed by atoms with Crippen molar-refractivity contribution in [3.63, 3.8) is 0 Å². The topological polar surface area (TPSA) is 71.3 Å². The summed E-state index contributed by atoms with van der Waals surface area (Å²) in [4.78, 5) is 11.9. The van der Waals surface area contributed by atoms with Gasteiger partial charge in [-0.1, -0.05) is 28.1 Å². The molecule has 0 aliphatic rings. The van der Waals surface area contributed by atoms with E-state index in [1.165, 1.54) is 7.11 Å². The van der Waals surface area contributed by atoms with Crippen LogP contribution in [0.4, 0.5) is 5.69 Å². The highest BCUT2D eigenvalue weighted by Gasteiger charge is 2.10. The van der Waals surface area contributed by atoms with Gasteiger partial charge in [0, 0.05) is 4.47 Å². The molecule has 2 rings (SSSR count). The summed E-state index contributed by atoms with van der Waals surface area (Å²) in [6, 6.07) is 14.1. The summed E-state index contributed by atoms with van der Waals surface area (Å²) < 4.78 is 11.3. The lowest BCUT2D eigenvalue weighted by Gasteiger charge is -2.11. The summed E-state index contributed by atoms with van der Waals surface area (Å²) in [5.41, 5.74) is 0.925. The molecule has 1 N–H and O–H groups in total. The molecule has 1 amide bonds. The Hall–Kier alpha value is -2.52. The second-order valence-corrected chi connectivity index (χ2v) is 5.21. The first-order valence-corrected chi connectivity index (χ1v) is 7.18. The van der Waals surface area contributed by atoms with Gasteiger partial charge in [0.1, 0.15) is 17.6 Å². The molecule has 0 unspecified atom stereocenters. The number of nitrogens with one attached hydrogen (secondary N) is 1. The van der Waals surface area contributed by atoms with Gasteiger partial charge in [-0.2, -0.15) is 5.26 Å². The second-order valence-electron chi connectivity index (χ2n) is 4.29. The summed E-state index contributed by atoms with van der Waals surface area (Å²) in [5.74, 6) is 0.592. The van der Waals surface area contributed by atoms with Crippen LogP contribution in [0.1, 0.15) is 5.56 Å². The first-order chi connectivity index (χ1) is 10.6. The van der Waals surface area contributed by atoms with Gasteiger partial charge in [0.25, 0.3) is 5.91 Å². The van der Waals surface area contributed by atoms with Crippen molar-refractivity contribution in [2.75, 3.05) is 19.0 Å². The predicted molar refractivity (Wildman–Crippen MR) is 86.0 cm³/mol. The SMILES string of the molecule is COc1ccccc1NC(=O)COc1ccc(Br)cc1C#N. The molecule has 0 fully saturated rings. The standard InChI is InChI=1S/C16H13BrN2O3/c1-21-15-5-3-2-4-13(15)19-16(20)10-22-14-7-6-12(17)8-11(14)9-18/h2-8H,10H2,1H3,(H,19,20). The minimum Gasteiger partial charge on any atom is -0.495 e. The zero-order valence-corrected chi connectivity index (χ0v) is 13.4. The average Bonchev–Trinajstić information content (AvgIpc) is 2.54. The number of rotatable bonds is 5. The monoisotopic (exact) mass is 360 g/mol. The van der Waals surface area contributed by atoms with Crippen LogP contribution in [0, 0.1) is 11.3 Å². The number of para-hydroxylation sites is 2. The van der Waals surface area contributed by atoms with Crippen LogP contribution in [0.5, 0.6) is 11.5 Å². The second kappa shape index (κ2) is 7.48. The lowest BCUT2D eigenvalue weighted by atomic mass is 10.2. The van der Waals surface area contributed by atoms with E-state index < -0.39 is 0 Å². The van der Waals surface area contributed by atoms with E-state index >= 15 is 0 Å². The zero-order chi connectivity index (χ0) is 15.9. The molecular formula is C16H13BrN2O3. The van der Waals surface area contributed by atoms with E-state index in [2.05, 4.69) is 21.2 Å². The number of carbonyl (C=O) groups excluding carboxylic acids is 1. The maximum absolute atomic E-state index is 11.9. The molecular weight excluding hydrogens is 348 g/mol. The van der Waals surface area contributed by atoms with Crippen LogP contribution in [-0.2, 0) is 4.79 Å². The molecule has 2 aromatic carbocycles. The Labute approximate surface area is 136 Å². The largest absolute Gasteiger partial charge is 0.495 e. The average molecular weight is 361 g/mol. The number of nitrogens with zero attached hydrogens (tertiary/aromatic N) is 1. The van der Waals surface area contributed by atoms with Crippen molar-refractivity contribution >= 4 is 27.5 Å². The van der Waals surface area contributed by atoms with Crippen molar-refractivity contribution < 1.29 is 14.3 Å². The van der Waals surface area contributed by atoms with Crippen molar-refractivity contribution in [1.29, 1.82) is 5.26 Å². The number of methoxy groups -OCH3 is 1. The number of amides is 1. The summed E-state index contributed by atoms with van der Waals surface area (Å²) in [5, 5.41) is 11.7. The molecule has 6 heteroatoms.